The first kappa shape index (κ1) is 56.3. The first-order valence-corrected chi connectivity index (χ1v) is 25.6. The number of unbranched alkanes of at least 4 members (excludes halogenated alkanes) is 34. The van der Waals surface area contributed by atoms with Gasteiger partial charge in [0, 0.05) is 12.8 Å². The van der Waals surface area contributed by atoms with Crippen molar-refractivity contribution in [3.63, 3.8) is 0 Å². The highest BCUT2D eigenvalue weighted by Gasteiger charge is 2.18. The predicted molar refractivity (Wildman–Crippen MR) is 250 cm³/mol. The summed E-state index contributed by atoms with van der Waals surface area (Å²) in [5.41, 5.74) is 0. The molecule has 0 aliphatic carbocycles. The average Bonchev–Trinajstić information content (AvgIpc) is 3.22. The molecule has 3 N–H and O–H groups in total. The van der Waals surface area contributed by atoms with Gasteiger partial charge < -0.3 is 20.3 Å². The summed E-state index contributed by atoms with van der Waals surface area (Å²) in [7, 11) is 0. The second-order valence-corrected chi connectivity index (χ2v) is 17.5. The molecule has 0 radical (unpaired) electrons. The van der Waals surface area contributed by atoms with Crippen molar-refractivity contribution in [1.82, 2.24) is 5.32 Å². The Bertz CT molecular complexity index is 904. The number of hydrogen-bond donors (Lipinski definition) is 3. The molecule has 0 aliphatic heterocycles. The predicted octanol–water partition coefficient (Wildman–Crippen LogP) is 15.1. The molecule has 0 spiro atoms. The summed E-state index contributed by atoms with van der Waals surface area (Å²) >= 11 is 0. The van der Waals surface area contributed by atoms with Crippen LogP contribution in [0.4, 0.5) is 0 Å². The van der Waals surface area contributed by atoms with Gasteiger partial charge in [0.05, 0.1) is 25.4 Å². The highest BCUT2D eigenvalue weighted by Crippen LogP contribution is 2.15. The van der Waals surface area contributed by atoms with E-state index in [2.05, 4.69) is 31.3 Å². The molecule has 2 unspecified atom stereocenters. The normalized spacial score (nSPS) is 12.8. The van der Waals surface area contributed by atoms with Crippen LogP contribution in [0.2, 0.25) is 0 Å². The second-order valence-electron chi connectivity index (χ2n) is 17.5. The van der Waals surface area contributed by atoms with Crippen LogP contribution in [0.1, 0.15) is 271 Å². The van der Waals surface area contributed by atoms with Crippen molar-refractivity contribution in [3.8, 4) is 0 Å². The highest BCUT2D eigenvalue weighted by molar-refractivity contribution is 5.76. The number of aliphatic hydroxyl groups is 2. The minimum Gasteiger partial charge on any atom is -0.466 e. The Hall–Kier alpha value is -1.66. The van der Waals surface area contributed by atoms with Crippen LogP contribution >= 0.6 is 0 Å². The van der Waals surface area contributed by atoms with E-state index in [4.69, 9.17) is 4.74 Å². The smallest absolute Gasteiger partial charge is 0.305 e. The van der Waals surface area contributed by atoms with Crippen molar-refractivity contribution < 1.29 is 24.5 Å². The fourth-order valence-electron chi connectivity index (χ4n) is 7.74. The fourth-order valence-corrected chi connectivity index (χ4v) is 7.74. The van der Waals surface area contributed by atoms with Crippen molar-refractivity contribution in [3.05, 3.63) is 24.3 Å². The number of nitrogens with one attached hydrogen (secondary N) is 1. The number of hydrogen-bond acceptors (Lipinski definition) is 5. The molecular weight excluding hydrogens is 719 g/mol. The van der Waals surface area contributed by atoms with Crippen LogP contribution in [0.3, 0.4) is 0 Å². The van der Waals surface area contributed by atoms with Crippen LogP contribution in [0.25, 0.3) is 0 Å². The molecule has 0 aromatic heterocycles. The summed E-state index contributed by atoms with van der Waals surface area (Å²) in [6.07, 6.45) is 56.0. The zero-order valence-corrected chi connectivity index (χ0v) is 38.8. The van der Waals surface area contributed by atoms with Gasteiger partial charge in [-0.2, -0.15) is 0 Å². The van der Waals surface area contributed by atoms with E-state index >= 15 is 0 Å². The fraction of sp³-hybridized carbons (Fsp3) is 0.885. The Kier molecular flexibility index (Phi) is 46.6. The number of carbonyl (C=O) groups is 2. The van der Waals surface area contributed by atoms with Crippen molar-refractivity contribution >= 4 is 11.9 Å². The van der Waals surface area contributed by atoms with Gasteiger partial charge in [-0.1, -0.05) is 224 Å². The molecule has 0 bridgehead atoms. The Morgan fingerprint density at radius 2 is 0.810 bits per heavy atom. The van der Waals surface area contributed by atoms with Crippen LogP contribution in [-0.2, 0) is 14.3 Å². The van der Waals surface area contributed by atoms with Crippen LogP contribution in [0.15, 0.2) is 24.3 Å². The lowest BCUT2D eigenvalue weighted by molar-refractivity contribution is -0.143. The zero-order chi connectivity index (χ0) is 42.3. The molecule has 0 heterocycles. The van der Waals surface area contributed by atoms with Gasteiger partial charge in [0.15, 0.2) is 0 Å². The van der Waals surface area contributed by atoms with Crippen molar-refractivity contribution in [2.45, 2.75) is 283 Å². The minimum atomic E-state index is -0.853. The quantitative estimate of drug-likeness (QED) is 0.0323. The summed E-state index contributed by atoms with van der Waals surface area (Å²) in [5.74, 6) is -0.0937. The van der Waals surface area contributed by atoms with Crippen LogP contribution in [-0.4, -0.2) is 47.4 Å². The van der Waals surface area contributed by atoms with E-state index in [1.165, 1.54) is 173 Å². The molecule has 0 rings (SSSR count). The van der Waals surface area contributed by atoms with Gasteiger partial charge >= 0.3 is 5.97 Å². The third-order valence-corrected chi connectivity index (χ3v) is 11.7. The monoisotopic (exact) mass is 818 g/mol. The van der Waals surface area contributed by atoms with E-state index in [0.717, 1.165) is 70.6 Å². The molecule has 0 aliphatic rings. The topological polar surface area (TPSA) is 95.9 Å². The van der Waals surface area contributed by atoms with Gasteiger partial charge in [-0.25, -0.2) is 0 Å². The maximum atomic E-state index is 12.4. The SMILES string of the molecule is CCCCCCCCCCCCC/C=C/C(O)C(CO)NC(=O)CCCCCCCCC/C=C\CCCCCCOC(=O)CCCCCCCCCCCCCCC. The van der Waals surface area contributed by atoms with Crippen LogP contribution < -0.4 is 5.32 Å². The lowest BCUT2D eigenvalue weighted by Crippen LogP contribution is -2.45. The lowest BCUT2D eigenvalue weighted by Gasteiger charge is -2.20. The Balaban J connectivity index is 3.50. The summed E-state index contributed by atoms with van der Waals surface area (Å²) in [6.45, 7) is 4.86. The number of aliphatic hydroxyl groups excluding tert-OH is 2. The second kappa shape index (κ2) is 48.0. The van der Waals surface area contributed by atoms with Crippen molar-refractivity contribution in [1.29, 1.82) is 0 Å². The molecule has 2 atom stereocenters. The molecule has 1 amide bonds. The third-order valence-electron chi connectivity index (χ3n) is 11.7. The standard InChI is InChI=1S/C52H99NO5/c1-3-5-7-9-11-13-15-20-24-28-32-36-40-44-50(55)49(48-54)53-51(56)45-41-37-33-29-25-22-18-17-19-23-27-31-35-39-43-47-58-52(57)46-42-38-34-30-26-21-16-14-12-10-8-6-4-2/h19,23,40,44,49-50,54-55H,3-18,20-22,24-39,41-43,45-48H2,1-2H3,(H,53,56)/b23-19-,44-40+. The summed E-state index contributed by atoms with van der Waals surface area (Å²) in [6, 6.07) is -0.637. The van der Waals surface area contributed by atoms with Gasteiger partial charge in [-0.15, -0.1) is 0 Å². The number of esters is 1. The van der Waals surface area contributed by atoms with E-state index < -0.39 is 12.1 Å². The number of rotatable bonds is 47. The Morgan fingerprint density at radius 1 is 0.466 bits per heavy atom. The Morgan fingerprint density at radius 3 is 1.22 bits per heavy atom. The summed E-state index contributed by atoms with van der Waals surface area (Å²) in [4.78, 5) is 24.4. The summed E-state index contributed by atoms with van der Waals surface area (Å²) < 4.78 is 5.45. The van der Waals surface area contributed by atoms with Gasteiger partial charge in [-0.3, -0.25) is 9.59 Å². The Labute approximate surface area is 361 Å². The molecule has 6 heteroatoms. The number of carbonyl (C=O) groups excluding carboxylic acids is 2. The first-order valence-electron chi connectivity index (χ1n) is 25.6. The number of ether oxygens (including phenoxy) is 1. The minimum absolute atomic E-state index is 0.0101. The highest BCUT2D eigenvalue weighted by atomic mass is 16.5. The molecule has 0 aromatic carbocycles. The van der Waals surface area contributed by atoms with Gasteiger partial charge in [-0.05, 0) is 57.8 Å². The van der Waals surface area contributed by atoms with E-state index in [1.807, 2.05) is 6.08 Å². The van der Waals surface area contributed by atoms with Crippen LogP contribution in [0, 0.1) is 0 Å². The average molecular weight is 818 g/mol. The van der Waals surface area contributed by atoms with E-state index in [9.17, 15) is 19.8 Å². The first-order chi connectivity index (χ1) is 28.5. The molecule has 6 nitrogen and oxygen atoms in total. The van der Waals surface area contributed by atoms with E-state index in [-0.39, 0.29) is 18.5 Å². The summed E-state index contributed by atoms with van der Waals surface area (Å²) in [5, 5.41) is 23.0. The maximum Gasteiger partial charge on any atom is 0.305 e. The third kappa shape index (κ3) is 43.9. The molecule has 342 valence electrons. The molecule has 0 saturated heterocycles. The van der Waals surface area contributed by atoms with Gasteiger partial charge in [0.2, 0.25) is 5.91 Å². The van der Waals surface area contributed by atoms with E-state index in [0.29, 0.717) is 19.4 Å². The molecule has 58 heavy (non-hydrogen) atoms. The molecule has 0 aromatic rings. The van der Waals surface area contributed by atoms with Crippen LogP contribution in [0.5, 0.6) is 0 Å². The number of amides is 1. The molecule has 0 saturated carbocycles. The van der Waals surface area contributed by atoms with E-state index in [1.54, 1.807) is 6.08 Å². The molecular formula is C52H99NO5. The zero-order valence-electron chi connectivity index (χ0n) is 38.8. The number of allylic oxidation sites excluding steroid dienone is 3. The molecule has 0 fully saturated rings. The van der Waals surface area contributed by atoms with Crippen molar-refractivity contribution in [2.75, 3.05) is 13.2 Å². The van der Waals surface area contributed by atoms with Gasteiger partial charge in [0.1, 0.15) is 0 Å². The van der Waals surface area contributed by atoms with Gasteiger partial charge in [0.25, 0.3) is 0 Å². The largest absolute Gasteiger partial charge is 0.466 e. The maximum absolute atomic E-state index is 12.4. The lowest BCUT2D eigenvalue weighted by atomic mass is 10.0. The van der Waals surface area contributed by atoms with Crippen molar-refractivity contribution in [2.24, 2.45) is 0 Å².